The summed E-state index contributed by atoms with van der Waals surface area (Å²) in [7, 11) is 0. The number of nitrogens with two attached hydrogens (primary N) is 1. The van der Waals surface area contributed by atoms with Gasteiger partial charge in [0, 0.05) is 25.2 Å². The number of nitrogens with zero attached hydrogens (tertiary/aromatic N) is 1. The number of carbonyl (C=O) groups excluding carboxylic acids is 1. The Kier molecular flexibility index (Phi) is 4.20. The predicted molar refractivity (Wildman–Crippen MR) is 70.2 cm³/mol. The van der Waals surface area contributed by atoms with Gasteiger partial charge in [-0.05, 0) is 25.8 Å². The Morgan fingerprint density at radius 3 is 2.72 bits per heavy atom. The van der Waals surface area contributed by atoms with Crippen LogP contribution in [0, 0.1) is 0 Å². The molecule has 1 saturated heterocycles. The fourth-order valence-electron chi connectivity index (χ4n) is 2.22. The maximum absolute atomic E-state index is 12.1. The molecule has 0 bridgehead atoms. The predicted octanol–water partition coefficient (Wildman–Crippen LogP) is 1.54. The second-order valence-electron chi connectivity index (χ2n) is 4.60. The third-order valence-corrected chi connectivity index (χ3v) is 3.26. The van der Waals surface area contributed by atoms with Crippen molar-refractivity contribution in [3.63, 3.8) is 0 Å². The molecule has 1 heterocycles. The van der Waals surface area contributed by atoms with Crippen molar-refractivity contribution in [2.45, 2.75) is 32.4 Å². The Morgan fingerprint density at radius 1 is 1.39 bits per heavy atom. The molecule has 1 unspecified atom stereocenters. The van der Waals surface area contributed by atoms with Crippen molar-refractivity contribution < 1.29 is 9.53 Å². The second-order valence-corrected chi connectivity index (χ2v) is 4.60. The largest absolute Gasteiger partial charge is 0.481 e. The van der Waals surface area contributed by atoms with E-state index in [0.717, 1.165) is 31.5 Å². The van der Waals surface area contributed by atoms with E-state index in [9.17, 15) is 4.79 Å². The molecule has 2 rings (SSSR count). The SMILES string of the molecule is CC(Oc1ccccc1CN)C(=O)N1CCCC1. The molecular weight excluding hydrogens is 228 g/mol. The fraction of sp³-hybridized carbons (Fsp3) is 0.500. The molecule has 1 amide bonds. The van der Waals surface area contributed by atoms with Crippen LogP contribution in [0.2, 0.25) is 0 Å². The third-order valence-electron chi connectivity index (χ3n) is 3.26. The van der Waals surface area contributed by atoms with E-state index in [2.05, 4.69) is 0 Å². The molecule has 0 aromatic heterocycles. The molecule has 1 atom stereocenters. The Bertz CT molecular complexity index is 414. The van der Waals surface area contributed by atoms with Gasteiger partial charge in [-0.15, -0.1) is 0 Å². The normalized spacial score (nSPS) is 16.7. The highest BCUT2D eigenvalue weighted by atomic mass is 16.5. The molecule has 4 nitrogen and oxygen atoms in total. The summed E-state index contributed by atoms with van der Waals surface area (Å²) in [6.07, 6.45) is 1.74. The summed E-state index contributed by atoms with van der Waals surface area (Å²) in [6.45, 7) is 3.92. The zero-order valence-corrected chi connectivity index (χ0v) is 10.8. The molecule has 1 aliphatic heterocycles. The van der Waals surface area contributed by atoms with Gasteiger partial charge in [-0.1, -0.05) is 18.2 Å². The minimum Gasteiger partial charge on any atom is -0.481 e. The summed E-state index contributed by atoms with van der Waals surface area (Å²) in [6, 6.07) is 7.59. The third kappa shape index (κ3) is 2.82. The van der Waals surface area contributed by atoms with Crippen molar-refractivity contribution in [2.24, 2.45) is 5.73 Å². The van der Waals surface area contributed by atoms with Gasteiger partial charge in [0.25, 0.3) is 5.91 Å². The first-order valence-electron chi connectivity index (χ1n) is 6.46. The number of hydrogen-bond donors (Lipinski definition) is 1. The molecule has 98 valence electrons. The van der Waals surface area contributed by atoms with Crippen molar-refractivity contribution in [3.05, 3.63) is 29.8 Å². The van der Waals surface area contributed by atoms with Gasteiger partial charge in [0.05, 0.1) is 0 Å². The maximum atomic E-state index is 12.1. The highest BCUT2D eigenvalue weighted by Gasteiger charge is 2.24. The van der Waals surface area contributed by atoms with Crippen LogP contribution in [-0.4, -0.2) is 30.0 Å². The van der Waals surface area contributed by atoms with E-state index in [0.29, 0.717) is 12.3 Å². The molecule has 0 radical (unpaired) electrons. The van der Waals surface area contributed by atoms with Gasteiger partial charge in [0.1, 0.15) is 5.75 Å². The lowest BCUT2D eigenvalue weighted by molar-refractivity contribution is -0.136. The molecule has 0 aliphatic carbocycles. The lowest BCUT2D eigenvalue weighted by atomic mass is 10.2. The molecule has 18 heavy (non-hydrogen) atoms. The summed E-state index contributed by atoms with van der Waals surface area (Å²) in [5, 5.41) is 0. The van der Waals surface area contributed by atoms with Crippen molar-refractivity contribution in [3.8, 4) is 5.75 Å². The molecule has 1 aliphatic rings. The quantitative estimate of drug-likeness (QED) is 0.879. The molecule has 0 spiro atoms. The van der Waals surface area contributed by atoms with Gasteiger partial charge in [-0.25, -0.2) is 0 Å². The zero-order valence-electron chi connectivity index (χ0n) is 10.8. The van der Waals surface area contributed by atoms with Crippen LogP contribution in [0.4, 0.5) is 0 Å². The Labute approximate surface area is 108 Å². The summed E-state index contributed by atoms with van der Waals surface area (Å²) in [5.74, 6) is 0.777. The Balaban J connectivity index is 2.01. The van der Waals surface area contributed by atoms with E-state index >= 15 is 0 Å². The summed E-state index contributed by atoms with van der Waals surface area (Å²) < 4.78 is 5.74. The first kappa shape index (κ1) is 12.9. The van der Waals surface area contributed by atoms with Crippen LogP contribution < -0.4 is 10.5 Å². The molecule has 1 aromatic rings. The van der Waals surface area contributed by atoms with Crippen LogP contribution >= 0.6 is 0 Å². The lowest BCUT2D eigenvalue weighted by Crippen LogP contribution is -2.38. The smallest absolute Gasteiger partial charge is 0.263 e. The molecular formula is C14H20N2O2. The second kappa shape index (κ2) is 5.87. The monoisotopic (exact) mass is 248 g/mol. The topological polar surface area (TPSA) is 55.6 Å². The van der Waals surface area contributed by atoms with E-state index in [-0.39, 0.29) is 5.91 Å². The average molecular weight is 248 g/mol. The van der Waals surface area contributed by atoms with E-state index in [4.69, 9.17) is 10.5 Å². The van der Waals surface area contributed by atoms with Crippen molar-refractivity contribution in [2.75, 3.05) is 13.1 Å². The summed E-state index contributed by atoms with van der Waals surface area (Å²) >= 11 is 0. The number of para-hydroxylation sites is 1. The van der Waals surface area contributed by atoms with Gasteiger partial charge >= 0.3 is 0 Å². The molecule has 1 aromatic carbocycles. The van der Waals surface area contributed by atoms with Crippen LogP contribution in [0.15, 0.2) is 24.3 Å². The zero-order chi connectivity index (χ0) is 13.0. The highest BCUT2D eigenvalue weighted by Crippen LogP contribution is 2.20. The number of ether oxygens (including phenoxy) is 1. The highest BCUT2D eigenvalue weighted by molar-refractivity contribution is 5.81. The van der Waals surface area contributed by atoms with Gasteiger partial charge < -0.3 is 15.4 Å². The van der Waals surface area contributed by atoms with Gasteiger partial charge in [0.2, 0.25) is 0 Å². The number of amides is 1. The van der Waals surface area contributed by atoms with Gasteiger partial charge in [-0.2, -0.15) is 0 Å². The summed E-state index contributed by atoms with van der Waals surface area (Å²) in [4.78, 5) is 14.0. The Morgan fingerprint density at radius 2 is 2.06 bits per heavy atom. The van der Waals surface area contributed by atoms with Crippen LogP contribution in [0.1, 0.15) is 25.3 Å². The molecule has 1 fully saturated rings. The minimum absolute atomic E-state index is 0.0688. The van der Waals surface area contributed by atoms with Crippen LogP contribution in [-0.2, 0) is 11.3 Å². The molecule has 2 N–H and O–H groups in total. The fourth-order valence-corrected chi connectivity index (χ4v) is 2.22. The van der Waals surface area contributed by atoms with Crippen molar-refractivity contribution >= 4 is 5.91 Å². The first-order valence-corrected chi connectivity index (χ1v) is 6.46. The van der Waals surface area contributed by atoms with E-state index in [1.54, 1.807) is 6.92 Å². The van der Waals surface area contributed by atoms with E-state index in [1.807, 2.05) is 29.2 Å². The van der Waals surface area contributed by atoms with Crippen molar-refractivity contribution in [1.29, 1.82) is 0 Å². The Hall–Kier alpha value is -1.55. The molecule has 4 heteroatoms. The lowest BCUT2D eigenvalue weighted by Gasteiger charge is -2.22. The van der Waals surface area contributed by atoms with Gasteiger partial charge in [-0.3, -0.25) is 4.79 Å². The first-order chi connectivity index (χ1) is 8.72. The van der Waals surface area contributed by atoms with E-state index in [1.165, 1.54) is 0 Å². The number of hydrogen-bond acceptors (Lipinski definition) is 3. The summed E-state index contributed by atoms with van der Waals surface area (Å²) in [5.41, 5.74) is 6.58. The molecule has 0 saturated carbocycles. The van der Waals surface area contributed by atoms with Crippen LogP contribution in [0.3, 0.4) is 0 Å². The van der Waals surface area contributed by atoms with Crippen LogP contribution in [0.5, 0.6) is 5.75 Å². The standard InChI is InChI=1S/C14H20N2O2/c1-11(14(17)16-8-4-5-9-16)18-13-7-3-2-6-12(13)10-15/h2-3,6-7,11H,4-5,8-10,15H2,1H3. The average Bonchev–Trinajstić information content (AvgIpc) is 2.92. The maximum Gasteiger partial charge on any atom is 0.263 e. The minimum atomic E-state index is -0.448. The number of likely N-dealkylation sites (tertiary alicyclic amines) is 1. The van der Waals surface area contributed by atoms with Crippen LogP contribution in [0.25, 0.3) is 0 Å². The van der Waals surface area contributed by atoms with Crippen molar-refractivity contribution in [1.82, 2.24) is 4.90 Å². The van der Waals surface area contributed by atoms with E-state index < -0.39 is 6.10 Å². The number of carbonyl (C=O) groups is 1. The number of rotatable bonds is 4. The number of benzene rings is 1. The van der Waals surface area contributed by atoms with Gasteiger partial charge in [0.15, 0.2) is 6.10 Å².